The lowest BCUT2D eigenvalue weighted by molar-refractivity contribution is 0.793. The summed E-state index contributed by atoms with van der Waals surface area (Å²) in [5, 5.41) is 7.34. The van der Waals surface area contributed by atoms with Crippen molar-refractivity contribution in [2.45, 2.75) is 26.7 Å². The number of nitrogens with one attached hydrogen (secondary N) is 2. The molecule has 0 saturated heterocycles. The normalized spacial score (nSPS) is 10.8. The van der Waals surface area contributed by atoms with Crippen LogP contribution < -0.4 is 10.6 Å². The van der Waals surface area contributed by atoms with Crippen molar-refractivity contribution in [1.29, 1.82) is 0 Å². The van der Waals surface area contributed by atoms with E-state index in [2.05, 4.69) is 41.6 Å². The first kappa shape index (κ1) is 18.5. The molecule has 5 heteroatoms. The quantitative estimate of drug-likeness (QED) is 0.440. The number of hydrogen-bond acceptors (Lipinski definition) is 1. The predicted octanol–water partition coefficient (Wildman–Crippen LogP) is 3.47. The Morgan fingerprint density at radius 1 is 1.16 bits per heavy atom. The zero-order valence-electron chi connectivity index (χ0n) is 11.6. The maximum Gasteiger partial charge on any atom is 0.191 e. The van der Waals surface area contributed by atoms with Gasteiger partial charge < -0.3 is 10.6 Å². The highest BCUT2D eigenvalue weighted by Gasteiger charge is 1.97. The Kier molecular flexibility index (Phi) is 11.1. The van der Waals surface area contributed by atoms with Crippen LogP contribution in [-0.4, -0.2) is 25.6 Å². The number of guanidine groups is 1. The van der Waals surface area contributed by atoms with Gasteiger partial charge in [-0.1, -0.05) is 30.7 Å². The molecular formula is C14H23ClIN3. The molecule has 1 aromatic rings. The molecule has 0 heterocycles. The molecule has 0 spiro atoms. The van der Waals surface area contributed by atoms with Crippen LogP contribution in [-0.2, 0) is 6.42 Å². The minimum absolute atomic E-state index is 0. The first-order valence-electron chi connectivity index (χ1n) is 6.53. The molecule has 0 aromatic heterocycles. The SMILES string of the molecule is CCCN=C(NCC)NCCc1ccc(Cl)cc1.I. The monoisotopic (exact) mass is 395 g/mol. The van der Waals surface area contributed by atoms with E-state index in [1.165, 1.54) is 5.56 Å². The van der Waals surface area contributed by atoms with E-state index in [1.54, 1.807) is 0 Å². The fourth-order valence-corrected chi connectivity index (χ4v) is 1.67. The first-order valence-corrected chi connectivity index (χ1v) is 6.90. The van der Waals surface area contributed by atoms with Gasteiger partial charge in [0.1, 0.15) is 0 Å². The predicted molar refractivity (Wildman–Crippen MR) is 94.8 cm³/mol. The van der Waals surface area contributed by atoms with Crippen LogP contribution in [0.25, 0.3) is 0 Å². The van der Waals surface area contributed by atoms with Gasteiger partial charge in [0, 0.05) is 24.7 Å². The van der Waals surface area contributed by atoms with Crippen molar-refractivity contribution in [1.82, 2.24) is 10.6 Å². The van der Waals surface area contributed by atoms with Gasteiger partial charge in [-0.3, -0.25) is 4.99 Å². The van der Waals surface area contributed by atoms with E-state index < -0.39 is 0 Å². The highest BCUT2D eigenvalue weighted by molar-refractivity contribution is 14.0. The van der Waals surface area contributed by atoms with Gasteiger partial charge in [0.25, 0.3) is 0 Å². The van der Waals surface area contributed by atoms with Crippen LogP contribution in [0.1, 0.15) is 25.8 Å². The smallest absolute Gasteiger partial charge is 0.191 e. The fraction of sp³-hybridized carbons (Fsp3) is 0.500. The van der Waals surface area contributed by atoms with Gasteiger partial charge in [0.2, 0.25) is 0 Å². The van der Waals surface area contributed by atoms with Crippen molar-refractivity contribution in [2.24, 2.45) is 4.99 Å². The Labute approximate surface area is 138 Å². The van der Waals surface area contributed by atoms with Gasteiger partial charge >= 0.3 is 0 Å². The van der Waals surface area contributed by atoms with Crippen LogP contribution in [0.15, 0.2) is 29.3 Å². The summed E-state index contributed by atoms with van der Waals surface area (Å²) >= 11 is 5.85. The summed E-state index contributed by atoms with van der Waals surface area (Å²) in [5.74, 6) is 0.897. The molecule has 0 amide bonds. The minimum Gasteiger partial charge on any atom is -0.357 e. The third-order valence-electron chi connectivity index (χ3n) is 2.46. The number of nitrogens with zero attached hydrogens (tertiary/aromatic N) is 1. The summed E-state index contributed by atoms with van der Waals surface area (Å²) in [4.78, 5) is 4.45. The molecule has 0 aliphatic carbocycles. The lowest BCUT2D eigenvalue weighted by atomic mass is 10.1. The van der Waals surface area contributed by atoms with Gasteiger partial charge in [0.05, 0.1) is 0 Å². The number of rotatable bonds is 6. The van der Waals surface area contributed by atoms with Crippen molar-refractivity contribution in [3.8, 4) is 0 Å². The average molecular weight is 396 g/mol. The van der Waals surface area contributed by atoms with Crippen molar-refractivity contribution < 1.29 is 0 Å². The second-order valence-electron chi connectivity index (χ2n) is 4.06. The summed E-state index contributed by atoms with van der Waals surface area (Å²) in [6.07, 6.45) is 2.03. The van der Waals surface area contributed by atoms with Crippen LogP contribution in [0.5, 0.6) is 0 Å². The minimum atomic E-state index is 0. The summed E-state index contributed by atoms with van der Waals surface area (Å²) in [6, 6.07) is 7.96. The molecule has 19 heavy (non-hydrogen) atoms. The molecule has 1 aromatic carbocycles. The van der Waals surface area contributed by atoms with E-state index in [4.69, 9.17) is 11.6 Å². The van der Waals surface area contributed by atoms with Gasteiger partial charge in [0.15, 0.2) is 5.96 Å². The molecule has 0 radical (unpaired) electrons. The zero-order valence-corrected chi connectivity index (χ0v) is 14.7. The van der Waals surface area contributed by atoms with E-state index in [0.717, 1.165) is 43.5 Å². The Morgan fingerprint density at radius 3 is 2.42 bits per heavy atom. The van der Waals surface area contributed by atoms with Crippen LogP contribution in [0.4, 0.5) is 0 Å². The van der Waals surface area contributed by atoms with Gasteiger partial charge in [-0.15, -0.1) is 24.0 Å². The second-order valence-corrected chi connectivity index (χ2v) is 4.50. The molecule has 0 unspecified atom stereocenters. The molecule has 0 saturated carbocycles. The highest BCUT2D eigenvalue weighted by Crippen LogP contribution is 2.09. The van der Waals surface area contributed by atoms with Crippen molar-refractivity contribution in [2.75, 3.05) is 19.6 Å². The molecule has 0 bridgehead atoms. The first-order chi connectivity index (χ1) is 8.76. The Morgan fingerprint density at radius 2 is 1.84 bits per heavy atom. The number of halogens is 2. The number of hydrogen-bond donors (Lipinski definition) is 2. The average Bonchev–Trinajstić information content (AvgIpc) is 2.38. The van der Waals surface area contributed by atoms with Gasteiger partial charge in [-0.2, -0.15) is 0 Å². The van der Waals surface area contributed by atoms with Crippen molar-refractivity contribution >= 4 is 41.5 Å². The molecule has 0 atom stereocenters. The van der Waals surface area contributed by atoms with E-state index in [9.17, 15) is 0 Å². The third-order valence-corrected chi connectivity index (χ3v) is 2.71. The zero-order chi connectivity index (χ0) is 13.2. The highest BCUT2D eigenvalue weighted by atomic mass is 127. The molecule has 1 rings (SSSR count). The van der Waals surface area contributed by atoms with Gasteiger partial charge in [-0.05, 0) is 37.5 Å². The Bertz CT molecular complexity index is 365. The van der Waals surface area contributed by atoms with Crippen LogP contribution in [0.3, 0.4) is 0 Å². The fourth-order valence-electron chi connectivity index (χ4n) is 1.54. The molecule has 0 fully saturated rings. The Balaban J connectivity index is 0.00000324. The van der Waals surface area contributed by atoms with Gasteiger partial charge in [-0.25, -0.2) is 0 Å². The Hall–Kier alpha value is -0.490. The van der Waals surface area contributed by atoms with Crippen LogP contribution in [0, 0.1) is 0 Å². The second kappa shape index (κ2) is 11.3. The largest absolute Gasteiger partial charge is 0.357 e. The van der Waals surface area contributed by atoms with Crippen LogP contribution in [0.2, 0.25) is 5.02 Å². The number of benzene rings is 1. The van der Waals surface area contributed by atoms with E-state index in [-0.39, 0.29) is 24.0 Å². The molecule has 0 aliphatic heterocycles. The maximum absolute atomic E-state index is 5.85. The summed E-state index contributed by atoms with van der Waals surface area (Å²) in [7, 11) is 0. The lowest BCUT2D eigenvalue weighted by Crippen LogP contribution is -2.38. The van der Waals surface area contributed by atoms with Crippen molar-refractivity contribution in [3.63, 3.8) is 0 Å². The summed E-state index contributed by atoms with van der Waals surface area (Å²) in [6.45, 7) is 6.81. The van der Waals surface area contributed by atoms with E-state index in [1.807, 2.05) is 12.1 Å². The molecule has 108 valence electrons. The van der Waals surface area contributed by atoms with E-state index in [0.29, 0.717) is 0 Å². The maximum atomic E-state index is 5.85. The molecule has 3 nitrogen and oxygen atoms in total. The lowest BCUT2D eigenvalue weighted by Gasteiger charge is -2.11. The van der Waals surface area contributed by atoms with Crippen molar-refractivity contribution in [3.05, 3.63) is 34.9 Å². The third kappa shape index (κ3) is 8.31. The molecular weight excluding hydrogens is 373 g/mol. The molecule has 2 N–H and O–H groups in total. The van der Waals surface area contributed by atoms with Crippen LogP contribution >= 0.6 is 35.6 Å². The molecule has 0 aliphatic rings. The summed E-state index contributed by atoms with van der Waals surface area (Å²) < 4.78 is 0. The van der Waals surface area contributed by atoms with E-state index >= 15 is 0 Å². The summed E-state index contributed by atoms with van der Waals surface area (Å²) in [5.41, 5.74) is 1.28. The number of aliphatic imine (C=N–C) groups is 1. The topological polar surface area (TPSA) is 36.4 Å². The standard InChI is InChI=1S/C14H22ClN3.HI/c1-3-10-17-14(16-4-2)18-11-9-12-5-7-13(15)8-6-12;/h5-8H,3-4,9-11H2,1-2H3,(H2,16,17,18);1H.